The summed E-state index contributed by atoms with van der Waals surface area (Å²) in [6.45, 7) is 7.52. The Labute approximate surface area is 228 Å². The minimum atomic E-state index is -0.944. The van der Waals surface area contributed by atoms with Gasteiger partial charge in [0.1, 0.15) is 12.1 Å². The Morgan fingerprint density at radius 2 is 1.55 bits per heavy atom. The summed E-state index contributed by atoms with van der Waals surface area (Å²) in [7, 11) is 0. The van der Waals surface area contributed by atoms with Gasteiger partial charge in [-0.15, -0.1) is 0 Å². The van der Waals surface area contributed by atoms with E-state index in [0.29, 0.717) is 29.1 Å². The number of carboxylic acid groups (broad SMARTS) is 2. The Morgan fingerprint density at radius 3 is 2.26 bits per heavy atom. The third kappa shape index (κ3) is 5.93. The van der Waals surface area contributed by atoms with Crippen molar-refractivity contribution in [3.63, 3.8) is 0 Å². The van der Waals surface area contributed by atoms with E-state index in [1.165, 1.54) is 38.5 Å². The van der Waals surface area contributed by atoms with Gasteiger partial charge in [0.25, 0.3) is 0 Å². The molecule has 0 aromatic rings. The summed E-state index contributed by atoms with van der Waals surface area (Å²) >= 11 is 0. The fourth-order valence-corrected chi connectivity index (χ4v) is 9.89. The number of ether oxygens (including phenoxy) is 1. The lowest BCUT2D eigenvalue weighted by molar-refractivity contribution is -0.164. The number of unbranched alkanes of at least 4 members (excludes halogenated alkanes) is 1. The van der Waals surface area contributed by atoms with Gasteiger partial charge in [0.15, 0.2) is 0 Å². The number of carboxylic acids is 2. The minimum absolute atomic E-state index is 0.0975. The Balaban J connectivity index is 1.34. The van der Waals surface area contributed by atoms with Gasteiger partial charge in [-0.1, -0.05) is 33.6 Å². The topological polar surface area (TPSA) is 127 Å². The van der Waals surface area contributed by atoms with Gasteiger partial charge in [0.2, 0.25) is 0 Å². The van der Waals surface area contributed by atoms with Crippen LogP contribution < -0.4 is 5.73 Å². The normalized spacial score (nSPS) is 39.8. The maximum Gasteiger partial charge on any atom is 0.323 e. The molecule has 0 radical (unpaired) electrons. The van der Waals surface area contributed by atoms with Crippen molar-refractivity contribution in [1.29, 1.82) is 0 Å². The maximum absolute atomic E-state index is 12.5. The predicted molar refractivity (Wildman–Crippen MR) is 145 cm³/mol. The lowest BCUT2D eigenvalue weighted by atomic mass is 9.44. The van der Waals surface area contributed by atoms with Crippen LogP contribution in [0.4, 0.5) is 0 Å². The SMILES string of the molecule is C[C@H](CCCCC(=O)O)C1CCC2C3CCC4C[C@H](OC(=O)[C@@H](N)CCC(=O)O)CCC4(C)C3CCC21C. The Morgan fingerprint density at radius 1 is 0.868 bits per heavy atom. The molecular weight excluding hydrogens is 482 g/mol. The van der Waals surface area contributed by atoms with E-state index in [2.05, 4.69) is 20.8 Å². The van der Waals surface area contributed by atoms with Gasteiger partial charge in [-0.3, -0.25) is 14.4 Å². The molecule has 0 aromatic carbocycles. The monoisotopic (exact) mass is 533 g/mol. The number of hydrogen-bond donors (Lipinski definition) is 3. The first kappa shape index (κ1) is 29.4. The van der Waals surface area contributed by atoms with Gasteiger partial charge < -0.3 is 20.7 Å². The number of nitrogens with two attached hydrogens (primary N) is 1. The number of hydrogen-bond acceptors (Lipinski definition) is 5. The van der Waals surface area contributed by atoms with E-state index in [1.54, 1.807) is 0 Å². The summed E-state index contributed by atoms with van der Waals surface area (Å²) in [6, 6.07) is -0.860. The summed E-state index contributed by atoms with van der Waals surface area (Å²) in [5.41, 5.74) is 6.62. The van der Waals surface area contributed by atoms with E-state index in [0.717, 1.165) is 62.2 Å². The number of carbonyl (C=O) groups excluding carboxylic acids is 1. The van der Waals surface area contributed by atoms with Crippen molar-refractivity contribution < 1.29 is 29.3 Å². The van der Waals surface area contributed by atoms with Crippen molar-refractivity contribution in [2.75, 3.05) is 0 Å². The summed E-state index contributed by atoms with van der Waals surface area (Å²) in [5.74, 6) is 2.25. The summed E-state index contributed by atoms with van der Waals surface area (Å²) < 4.78 is 5.81. The first-order valence-corrected chi connectivity index (χ1v) is 15.4. The second kappa shape index (κ2) is 11.9. The van der Waals surface area contributed by atoms with E-state index in [1.807, 2.05) is 0 Å². The van der Waals surface area contributed by atoms with Crippen molar-refractivity contribution in [3.8, 4) is 0 Å². The molecule has 7 unspecified atom stereocenters. The van der Waals surface area contributed by atoms with E-state index in [-0.39, 0.29) is 18.9 Å². The van der Waals surface area contributed by atoms with Gasteiger partial charge in [0.05, 0.1) is 0 Å². The molecule has 0 aromatic heterocycles. The van der Waals surface area contributed by atoms with Crippen LogP contribution in [0.3, 0.4) is 0 Å². The Bertz CT molecular complexity index is 876. The number of rotatable bonds is 11. The quantitative estimate of drug-likeness (QED) is 0.218. The van der Waals surface area contributed by atoms with Crippen LogP contribution in [0.15, 0.2) is 0 Å². The van der Waals surface area contributed by atoms with Crippen LogP contribution in [-0.4, -0.2) is 40.3 Å². The molecule has 216 valence electrons. The van der Waals surface area contributed by atoms with Crippen molar-refractivity contribution in [2.24, 2.45) is 52.1 Å². The highest BCUT2D eigenvalue weighted by Crippen LogP contribution is 2.68. The van der Waals surface area contributed by atoms with E-state index in [9.17, 15) is 14.4 Å². The molecule has 0 bridgehead atoms. The van der Waals surface area contributed by atoms with E-state index in [4.69, 9.17) is 20.7 Å². The fourth-order valence-electron chi connectivity index (χ4n) is 9.89. The van der Waals surface area contributed by atoms with Crippen molar-refractivity contribution in [2.45, 2.75) is 129 Å². The highest BCUT2D eigenvalue weighted by Gasteiger charge is 2.60. The zero-order valence-corrected chi connectivity index (χ0v) is 23.8. The molecule has 4 rings (SSSR count). The zero-order chi connectivity index (χ0) is 27.7. The molecule has 38 heavy (non-hydrogen) atoms. The molecule has 0 aliphatic heterocycles. The number of fused-ring (bicyclic) bond motifs is 5. The second-order valence-electron chi connectivity index (χ2n) is 13.9. The van der Waals surface area contributed by atoms with Crippen LogP contribution in [0.1, 0.15) is 117 Å². The summed E-state index contributed by atoms with van der Waals surface area (Å²) in [6.07, 6.45) is 13.8. The third-order valence-electron chi connectivity index (χ3n) is 11.9. The second-order valence-corrected chi connectivity index (χ2v) is 13.9. The van der Waals surface area contributed by atoms with E-state index < -0.39 is 23.9 Å². The van der Waals surface area contributed by atoms with Crippen LogP contribution >= 0.6 is 0 Å². The molecule has 4 saturated carbocycles. The molecule has 4 fully saturated rings. The van der Waals surface area contributed by atoms with Crippen LogP contribution in [0.5, 0.6) is 0 Å². The minimum Gasteiger partial charge on any atom is -0.481 e. The lowest BCUT2D eigenvalue weighted by Gasteiger charge is -2.61. The van der Waals surface area contributed by atoms with Gasteiger partial charge >= 0.3 is 17.9 Å². The van der Waals surface area contributed by atoms with Crippen molar-refractivity contribution in [1.82, 2.24) is 0 Å². The summed E-state index contributed by atoms with van der Waals surface area (Å²) in [5, 5.41) is 17.8. The van der Waals surface area contributed by atoms with Crippen LogP contribution in [0.2, 0.25) is 0 Å². The predicted octanol–water partition coefficient (Wildman–Crippen LogP) is 6.03. The van der Waals surface area contributed by atoms with Gasteiger partial charge in [0, 0.05) is 12.8 Å². The molecule has 4 N–H and O–H groups in total. The molecule has 4 aliphatic carbocycles. The number of aliphatic carboxylic acids is 2. The molecule has 0 saturated heterocycles. The Kier molecular flexibility index (Phi) is 9.16. The maximum atomic E-state index is 12.5. The molecule has 7 heteroatoms. The summed E-state index contributed by atoms with van der Waals surface area (Å²) in [4.78, 5) is 34.2. The highest BCUT2D eigenvalue weighted by molar-refractivity contribution is 5.76. The van der Waals surface area contributed by atoms with Crippen molar-refractivity contribution >= 4 is 17.9 Å². The van der Waals surface area contributed by atoms with Crippen molar-refractivity contribution in [3.05, 3.63) is 0 Å². The first-order chi connectivity index (χ1) is 18.0. The highest BCUT2D eigenvalue weighted by atomic mass is 16.5. The third-order valence-corrected chi connectivity index (χ3v) is 11.9. The van der Waals surface area contributed by atoms with Crippen LogP contribution in [0.25, 0.3) is 0 Å². The molecule has 7 nitrogen and oxygen atoms in total. The average Bonchev–Trinajstić information content (AvgIpc) is 3.22. The average molecular weight is 534 g/mol. The largest absolute Gasteiger partial charge is 0.481 e. The standard InChI is InChI=1S/C31H51NO6/c1-19(6-4-5-7-27(33)34)23-10-11-24-22-9-8-20-18-21(38-29(37)26(32)12-13-28(35)36)14-16-30(20,2)25(22)15-17-31(23,24)3/h19-26H,4-18,32H2,1-3H3,(H,33,34)(H,35,36)/t19-,20?,21-,22?,23?,24?,25?,26+,30?,31?/m1/s1. The number of carbonyl (C=O) groups is 3. The van der Waals surface area contributed by atoms with Crippen LogP contribution in [0, 0.1) is 46.3 Å². The fraction of sp³-hybridized carbons (Fsp3) is 0.903. The molecule has 0 heterocycles. The first-order valence-electron chi connectivity index (χ1n) is 15.4. The van der Waals surface area contributed by atoms with Gasteiger partial charge in [-0.2, -0.15) is 0 Å². The van der Waals surface area contributed by atoms with E-state index >= 15 is 0 Å². The Hall–Kier alpha value is -1.63. The molecular formula is C31H51NO6. The molecule has 4 aliphatic rings. The molecule has 0 amide bonds. The molecule has 0 spiro atoms. The lowest BCUT2D eigenvalue weighted by Crippen LogP contribution is -2.54. The molecule has 10 atom stereocenters. The van der Waals surface area contributed by atoms with Crippen LogP contribution in [-0.2, 0) is 19.1 Å². The van der Waals surface area contributed by atoms with Gasteiger partial charge in [-0.25, -0.2) is 0 Å². The smallest absolute Gasteiger partial charge is 0.323 e. The van der Waals surface area contributed by atoms with Gasteiger partial charge in [-0.05, 0) is 117 Å². The number of esters is 1. The zero-order valence-electron chi connectivity index (χ0n) is 23.8.